The third kappa shape index (κ3) is 4.01. The van der Waals surface area contributed by atoms with Gasteiger partial charge in [0.1, 0.15) is 12.7 Å². The molecule has 4 heteroatoms. The molecule has 4 aromatic rings. The SMILES string of the molecule is CN(C(=O)OCC1c2ccccc2-c2ccccc21)c1cccc(C(O)c2ccccc2)c1. The van der Waals surface area contributed by atoms with E-state index in [-0.39, 0.29) is 12.5 Å². The second-order valence-corrected chi connectivity index (χ2v) is 8.27. The summed E-state index contributed by atoms with van der Waals surface area (Å²) in [6.45, 7) is 0.267. The normalized spacial score (nSPS) is 13.2. The summed E-state index contributed by atoms with van der Waals surface area (Å²) in [5.41, 5.74) is 6.95. The molecule has 0 spiro atoms. The van der Waals surface area contributed by atoms with Crippen LogP contribution in [0.1, 0.15) is 34.3 Å². The first-order valence-corrected chi connectivity index (χ1v) is 11.0. The molecule has 1 amide bonds. The summed E-state index contributed by atoms with van der Waals surface area (Å²) in [6, 6.07) is 33.4. The monoisotopic (exact) mass is 435 g/mol. The van der Waals surface area contributed by atoms with E-state index in [4.69, 9.17) is 4.74 Å². The van der Waals surface area contributed by atoms with Gasteiger partial charge in [-0.2, -0.15) is 0 Å². The Balaban J connectivity index is 1.31. The number of fused-ring (bicyclic) bond motifs is 3. The summed E-state index contributed by atoms with van der Waals surface area (Å²) in [5, 5.41) is 10.7. The fraction of sp³-hybridized carbons (Fsp3) is 0.138. The van der Waals surface area contributed by atoms with Crippen molar-refractivity contribution in [3.8, 4) is 11.1 Å². The summed E-state index contributed by atoms with van der Waals surface area (Å²) in [4.78, 5) is 14.4. The van der Waals surface area contributed by atoms with Crippen LogP contribution in [-0.2, 0) is 4.74 Å². The maximum atomic E-state index is 12.9. The van der Waals surface area contributed by atoms with Crippen LogP contribution < -0.4 is 4.90 Å². The molecule has 1 aliphatic carbocycles. The molecule has 0 radical (unpaired) electrons. The Labute approximate surface area is 193 Å². The van der Waals surface area contributed by atoms with E-state index >= 15 is 0 Å². The van der Waals surface area contributed by atoms with Crippen molar-refractivity contribution in [2.75, 3.05) is 18.6 Å². The van der Waals surface area contributed by atoms with Gasteiger partial charge in [-0.15, -0.1) is 0 Å². The minimum absolute atomic E-state index is 0.0148. The molecule has 0 saturated carbocycles. The van der Waals surface area contributed by atoms with Gasteiger partial charge in [-0.3, -0.25) is 4.90 Å². The van der Waals surface area contributed by atoms with Crippen molar-refractivity contribution in [2.24, 2.45) is 0 Å². The van der Waals surface area contributed by atoms with Crippen LogP contribution in [0.5, 0.6) is 0 Å². The molecular formula is C29H25NO3. The Hall–Kier alpha value is -3.89. The van der Waals surface area contributed by atoms with Crippen LogP contribution in [0.3, 0.4) is 0 Å². The van der Waals surface area contributed by atoms with Crippen molar-refractivity contribution in [1.82, 2.24) is 0 Å². The van der Waals surface area contributed by atoms with Crippen LogP contribution in [0.4, 0.5) is 10.5 Å². The molecule has 1 N–H and O–H groups in total. The number of aliphatic hydroxyl groups is 1. The fourth-order valence-corrected chi connectivity index (χ4v) is 4.53. The van der Waals surface area contributed by atoms with Crippen LogP contribution >= 0.6 is 0 Å². The average molecular weight is 436 g/mol. The van der Waals surface area contributed by atoms with Crippen LogP contribution in [0.15, 0.2) is 103 Å². The number of nitrogens with zero attached hydrogens (tertiary/aromatic N) is 1. The Kier molecular flexibility index (Phi) is 5.68. The number of aliphatic hydroxyl groups excluding tert-OH is 1. The van der Waals surface area contributed by atoms with E-state index in [9.17, 15) is 9.90 Å². The zero-order chi connectivity index (χ0) is 22.8. The van der Waals surface area contributed by atoms with Crippen molar-refractivity contribution < 1.29 is 14.6 Å². The van der Waals surface area contributed by atoms with Gasteiger partial charge in [0.15, 0.2) is 0 Å². The lowest BCUT2D eigenvalue weighted by Crippen LogP contribution is -2.28. The number of hydrogen-bond acceptors (Lipinski definition) is 3. The molecule has 1 atom stereocenters. The lowest BCUT2D eigenvalue weighted by atomic mass is 9.98. The van der Waals surface area contributed by atoms with Crippen LogP contribution in [-0.4, -0.2) is 24.9 Å². The van der Waals surface area contributed by atoms with Crippen molar-refractivity contribution in [2.45, 2.75) is 12.0 Å². The Morgan fingerprint density at radius 2 is 1.39 bits per heavy atom. The van der Waals surface area contributed by atoms with Crippen LogP contribution in [0.25, 0.3) is 11.1 Å². The van der Waals surface area contributed by atoms with Gasteiger partial charge in [-0.25, -0.2) is 4.79 Å². The van der Waals surface area contributed by atoms with Gasteiger partial charge in [0, 0.05) is 18.7 Å². The fourth-order valence-electron chi connectivity index (χ4n) is 4.53. The number of benzene rings is 4. The molecule has 0 aliphatic heterocycles. The van der Waals surface area contributed by atoms with Gasteiger partial charge in [0.2, 0.25) is 0 Å². The standard InChI is InChI=1S/C29H25NO3/c1-30(22-13-9-12-21(18-22)28(31)20-10-3-2-4-11-20)29(32)33-19-27-25-16-7-5-14-23(25)24-15-6-8-17-26(24)27/h2-18,27-28,31H,19H2,1H3. The lowest BCUT2D eigenvalue weighted by Gasteiger charge is -2.21. The number of ether oxygens (including phenoxy) is 1. The summed E-state index contributed by atoms with van der Waals surface area (Å²) >= 11 is 0. The van der Waals surface area contributed by atoms with Crippen LogP contribution in [0.2, 0.25) is 0 Å². The van der Waals surface area contributed by atoms with E-state index in [1.807, 2.05) is 78.9 Å². The smallest absolute Gasteiger partial charge is 0.414 e. The predicted octanol–water partition coefficient (Wildman–Crippen LogP) is 6.15. The largest absolute Gasteiger partial charge is 0.448 e. The van der Waals surface area contributed by atoms with E-state index in [2.05, 4.69) is 24.3 Å². The minimum Gasteiger partial charge on any atom is -0.448 e. The summed E-state index contributed by atoms with van der Waals surface area (Å²) in [7, 11) is 1.69. The van der Waals surface area contributed by atoms with Crippen molar-refractivity contribution in [1.29, 1.82) is 0 Å². The van der Waals surface area contributed by atoms with Gasteiger partial charge >= 0.3 is 6.09 Å². The van der Waals surface area contributed by atoms with Gasteiger partial charge in [-0.05, 0) is 45.5 Å². The number of hydrogen-bond donors (Lipinski definition) is 1. The van der Waals surface area contributed by atoms with Gasteiger partial charge < -0.3 is 9.84 Å². The molecule has 0 fully saturated rings. The maximum Gasteiger partial charge on any atom is 0.414 e. The Morgan fingerprint density at radius 3 is 2.06 bits per heavy atom. The number of anilines is 1. The number of carbonyl (C=O) groups excluding carboxylic acids is 1. The van der Waals surface area contributed by atoms with E-state index in [1.165, 1.54) is 27.2 Å². The Morgan fingerprint density at radius 1 is 0.818 bits per heavy atom. The van der Waals surface area contributed by atoms with E-state index < -0.39 is 12.2 Å². The molecule has 0 bridgehead atoms. The second kappa shape index (κ2) is 8.93. The van der Waals surface area contributed by atoms with Gasteiger partial charge in [0.25, 0.3) is 0 Å². The van der Waals surface area contributed by atoms with E-state index in [1.54, 1.807) is 7.05 Å². The second-order valence-electron chi connectivity index (χ2n) is 8.27. The zero-order valence-corrected chi connectivity index (χ0v) is 18.4. The molecule has 4 aromatic carbocycles. The quantitative estimate of drug-likeness (QED) is 0.409. The molecule has 1 unspecified atom stereocenters. The molecule has 164 valence electrons. The Bertz CT molecular complexity index is 1240. The van der Waals surface area contributed by atoms with Crippen LogP contribution in [0, 0.1) is 0 Å². The first kappa shape index (κ1) is 21.0. The predicted molar refractivity (Wildman–Crippen MR) is 130 cm³/mol. The third-order valence-electron chi connectivity index (χ3n) is 6.30. The molecule has 0 heterocycles. The molecular weight excluding hydrogens is 410 g/mol. The molecule has 0 saturated heterocycles. The molecule has 1 aliphatic rings. The molecule has 5 rings (SSSR count). The highest BCUT2D eigenvalue weighted by atomic mass is 16.6. The van der Waals surface area contributed by atoms with Gasteiger partial charge in [-0.1, -0.05) is 91.0 Å². The van der Waals surface area contributed by atoms with Crippen molar-refractivity contribution in [3.63, 3.8) is 0 Å². The molecule has 33 heavy (non-hydrogen) atoms. The topological polar surface area (TPSA) is 49.8 Å². The lowest BCUT2D eigenvalue weighted by molar-refractivity contribution is 0.151. The van der Waals surface area contributed by atoms with E-state index in [0.29, 0.717) is 5.69 Å². The van der Waals surface area contributed by atoms with Crippen molar-refractivity contribution >= 4 is 11.8 Å². The highest BCUT2D eigenvalue weighted by Crippen LogP contribution is 2.44. The number of carbonyl (C=O) groups is 1. The summed E-state index contributed by atoms with van der Waals surface area (Å²) in [5.74, 6) is 0.0148. The maximum absolute atomic E-state index is 12.9. The van der Waals surface area contributed by atoms with Gasteiger partial charge in [0.05, 0.1) is 0 Å². The highest BCUT2D eigenvalue weighted by molar-refractivity contribution is 5.87. The van der Waals surface area contributed by atoms with Crippen molar-refractivity contribution in [3.05, 3.63) is 125 Å². The summed E-state index contributed by atoms with van der Waals surface area (Å²) in [6.07, 6.45) is -1.19. The molecule has 0 aromatic heterocycles. The molecule has 4 nitrogen and oxygen atoms in total. The average Bonchev–Trinajstić information content (AvgIpc) is 3.20. The first-order chi connectivity index (χ1) is 16.1. The minimum atomic E-state index is -0.762. The number of rotatable bonds is 5. The van der Waals surface area contributed by atoms with E-state index in [0.717, 1.165) is 11.1 Å². The summed E-state index contributed by atoms with van der Waals surface area (Å²) < 4.78 is 5.77. The third-order valence-corrected chi connectivity index (χ3v) is 6.30. The zero-order valence-electron chi connectivity index (χ0n) is 18.4. The highest BCUT2D eigenvalue weighted by Gasteiger charge is 2.29. The first-order valence-electron chi connectivity index (χ1n) is 11.0. The number of amides is 1.